The number of aromatic nitrogens is 5. The Labute approximate surface area is 355 Å². The second-order valence-electron chi connectivity index (χ2n) is 15.1. The zero-order valence-electron chi connectivity index (χ0n) is 33.6. The van der Waals surface area contributed by atoms with Gasteiger partial charge in [0.15, 0.2) is 23.3 Å². The Morgan fingerprint density at radius 2 is 1.15 bits per heavy atom. The molecule has 0 bridgehead atoms. The van der Waals surface area contributed by atoms with E-state index in [-0.39, 0.29) is 0 Å². The molecule has 3 aromatic heterocycles. The maximum atomic E-state index is 6.88. The number of rotatable bonds is 10. The standard InChI is InChI=1S/C55H41N5O/c1-2-3-4-17-26-51-56-48(40-29-27-39(28-30-40)37-18-9-5-10-19-37)36-49(57-51)44-33-46-45-32-31-43(38-20-11-6-12-21-38)35-50(45)61-52(46)47(34-44)55-59-53(41-22-13-7-14-23-41)58-54(60-55)42-24-15-8-16-25-42/h2-9,11-18,20-27,29,31-36H,1,10,19,28,30H2/b4-3-,26-17+. The SMILES string of the molecule is C=C/C=C\C=C\c1nc(C2=CC=C(C3=CC=CCC3)CC2)cc(-c2cc(-c3nc(-c4ccccc4)nc(-c4ccccc4)n3)c3oc4cc(-c5ccccc5)ccc4c3c2)n1. The highest BCUT2D eigenvalue weighted by atomic mass is 16.3. The highest BCUT2D eigenvalue weighted by Gasteiger charge is 2.22. The van der Waals surface area contributed by atoms with Crippen molar-refractivity contribution in [2.24, 2.45) is 0 Å². The van der Waals surface area contributed by atoms with Crippen molar-refractivity contribution in [3.05, 3.63) is 211 Å². The van der Waals surface area contributed by atoms with Crippen LogP contribution in [0.3, 0.4) is 0 Å². The third-order valence-corrected chi connectivity index (χ3v) is 11.2. The summed E-state index contributed by atoms with van der Waals surface area (Å²) in [6.07, 6.45) is 24.7. The van der Waals surface area contributed by atoms with Gasteiger partial charge in [-0.15, -0.1) is 0 Å². The maximum Gasteiger partial charge on any atom is 0.167 e. The van der Waals surface area contributed by atoms with Crippen LogP contribution < -0.4 is 0 Å². The third-order valence-electron chi connectivity index (χ3n) is 11.2. The monoisotopic (exact) mass is 787 g/mol. The summed E-state index contributed by atoms with van der Waals surface area (Å²) in [6, 6.07) is 43.3. The van der Waals surface area contributed by atoms with Crippen molar-refractivity contribution in [3.8, 4) is 56.5 Å². The van der Waals surface area contributed by atoms with Crippen LogP contribution >= 0.6 is 0 Å². The molecular weight excluding hydrogens is 747 g/mol. The summed E-state index contributed by atoms with van der Waals surface area (Å²) < 4.78 is 6.88. The molecule has 2 aliphatic carbocycles. The van der Waals surface area contributed by atoms with Gasteiger partial charge in [-0.1, -0.05) is 158 Å². The zero-order valence-corrected chi connectivity index (χ0v) is 33.6. The van der Waals surface area contributed by atoms with Crippen molar-refractivity contribution >= 4 is 33.6 Å². The minimum absolute atomic E-state index is 0.505. The van der Waals surface area contributed by atoms with Crippen LogP contribution in [-0.4, -0.2) is 24.9 Å². The van der Waals surface area contributed by atoms with E-state index in [1.807, 2.05) is 91.0 Å². The Morgan fingerprint density at radius 1 is 0.492 bits per heavy atom. The van der Waals surface area contributed by atoms with E-state index in [9.17, 15) is 0 Å². The number of benzene rings is 5. The van der Waals surface area contributed by atoms with Gasteiger partial charge in [-0.2, -0.15) is 0 Å². The Balaban J connectivity index is 1.19. The summed E-state index contributed by atoms with van der Waals surface area (Å²) in [5.41, 5.74) is 12.8. The van der Waals surface area contributed by atoms with Crippen LogP contribution in [0.5, 0.6) is 0 Å². The molecule has 292 valence electrons. The summed E-state index contributed by atoms with van der Waals surface area (Å²) in [5.74, 6) is 2.27. The molecule has 0 radical (unpaired) electrons. The molecule has 0 unspecified atom stereocenters. The molecular formula is C55H41N5O. The molecule has 10 rings (SSSR count). The van der Waals surface area contributed by atoms with E-state index < -0.39 is 0 Å². The van der Waals surface area contributed by atoms with Gasteiger partial charge in [-0.05, 0) is 89.9 Å². The highest BCUT2D eigenvalue weighted by Crippen LogP contribution is 2.41. The van der Waals surface area contributed by atoms with Crippen molar-refractivity contribution < 1.29 is 4.42 Å². The van der Waals surface area contributed by atoms with Crippen molar-refractivity contribution in [1.82, 2.24) is 24.9 Å². The van der Waals surface area contributed by atoms with E-state index in [2.05, 4.69) is 97.6 Å². The molecule has 0 aliphatic heterocycles. The molecule has 8 aromatic rings. The van der Waals surface area contributed by atoms with Gasteiger partial charge in [-0.25, -0.2) is 24.9 Å². The maximum absolute atomic E-state index is 6.88. The second-order valence-corrected chi connectivity index (χ2v) is 15.1. The predicted molar refractivity (Wildman–Crippen MR) is 250 cm³/mol. The molecule has 61 heavy (non-hydrogen) atoms. The molecule has 2 aliphatic rings. The molecule has 0 spiro atoms. The van der Waals surface area contributed by atoms with Crippen LogP contribution in [-0.2, 0) is 0 Å². The Kier molecular flexibility index (Phi) is 10.3. The molecule has 0 atom stereocenters. The first-order chi connectivity index (χ1) is 30.2. The molecule has 0 fully saturated rings. The van der Waals surface area contributed by atoms with Gasteiger partial charge in [-0.3, -0.25) is 0 Å². The predicted octanol–water partition coefficient (Wildman–Crippen LogP) is 14.0. The number of hydrogen-bond donors (Lipinski definition) is 0. The van der Waals surface area contributed by atoms with E-state index in [1.54, 1.807) is 6.08 Å². The number of hydrogen-bond acceptors (Lipinski definition) is 6. The Hall–Kier alpha value is -7.83. The first-order valence-electron chi connectivity index (χ1n) is 20.7. The molecule has 6 heteroatoms. The first kappa shape index (κ1) is 37.4. The van der Waals surface area contributed by atoms with E-state index >= 15 is 0 Å². The van der Waals surface area contributed by atoms with Gasteiger partial charge in [0.2, 0.25) is 0 Å². The fourth-order valence-corrected chi connectivity index (χ4v) is 8.06. The first-order valence-corrected chi connectivity index (χ1v) is 20.7. The summed E-state index contributed by atoms with van der Waals surface area (Å²) in [4.78, 5) is 25.6. The van der Waals surface area contributed by atoms with Crippen LogP contribution in [0.25, 0.3) is 90.1 Å². The summed E-state index contributed by atoms with van der Waals surface area (Å²) in [5, 5.41) is 1.93. The van der Waals surface area contributed by atoms with Crippen LogP contribution in [0.4, 0.5) is 0 Å². The topological polar surface area (TPSA) is 77.6 Å². The minimum Gasteiger partial charge on any atom is -0.455 e. The molecule has 5 aromatic carbocycles. The van der Waals surface area contributed by atoms with Crippen LogP contribution in [0.1, 0.15) is 37.2 Å². The van der Waals surface area contributed by atoms with Crippen LogP contribution in [0.15, 0.2) is 204 Å². The summed E-state index contributed by atoms with van der Waals surface area (Å²) in [6.45, 7) is 3.82. The quantitative estimate of drug-likeness (QED) is 0.128. The van der Waals surface area contributed by atoms with Crippen molar-refractivity contribution in [3.63, 3.8) is 0 Å². The number of nitrogens with zero attached hydrogens (tertiary/aromatic N) is 5. The van der Waals surface area contributed by atoms with Gasteiger partial charge in [0.1, 0.15) is 11.2 Å². The Bertz CT molecular complexity index is 3070. The minimum atomic E-state index is 0.505. The molecule has 0 N–H and O–H groups in total. The van der Waals surface area contributed by atoms with Gasteiger partial charge >= 0.3 is 0 Å². The lowest BCUT2D eigenvalue weighted by molar-refractivity contribution is 0.669. The van der Waals surface area contributed by atoms with E-state index in [4.69, 9.17) is 29.3 Å². The van der Waals surface area contributed by atoms with Crippen LogP contribution in [0, 0.1) is 0 Å². The zero-order chi connectivity index (χ0) is 41.0. The number of allylic oxidation sites excluding steroid dienone is 12. The second kappa shape index (κ2) is 16.8. The van der Waals surface area contributed by atoms with Crippen molar-refractivity contribution in [2.75, 3.05) is 0 Å². The average molecular weight is 788 g/mol. The fourth-order valence-electron chi connectivity index (χ4n) is 8.06. The van der Waals surface area contributed by atoms with Gasteiger partial charge in [0.05, 0.1) is 17.0 Å². The summed E-state index contributed by atoms with van der Waals surface area (Å²) >= 11 is 0. The van der Waals surface area contributed by atoms with E-state index in [0.29, 0.717) is 28.9 Å². The normalized spacial score (nSPS) is 14.1. The smallest absolute Gasteiger partial charge is 0.167 e. The number of furan rings is 1. The third kappa shape index (κ3) is 7.87. The van der Waals surface area contributed by atoms with Gasteiger partial charge < -0.3 is 4.42 Å². The molecule has 0 amide bonds. The highest BCUT2D eigenvalue weighted by molar-refractivity contribution is 6.11. The van der Waals surface area contributed by atoms with E-state index in [0.717, 1.165) is 86.8 Å². The lowest BCUT2D eigenvalue weighted by Gasteiger charge is -2.18. The van der Waals surface area contributed by atoms with Gasteiger partial charge in [0, 0.05) is 27.5 Å². The summed E-state index contributed by atoms with van der Waals surface area (Å²) in [7, 11) is 0. The molecule has 0 saturated carbocycles. The van der Waals surface area contributed by atoms with Gasteiger partial charge in [0.25, 0.3) is 0 Å². The van der Waals surface area contributed by atoms with E-state index in [1.165, 1.54) is 16.7 Å². The van der Waals surface area contributed by atoms with Crippen molar-refractivity contribution in [1.29, 1.82) is 0 Å². The molecule has 3 heterocycles. The number of fused-ring (bicyclic) bond motifs is 3. The lowest BCUT2D eigenvalue weighted by atomic mass is 9.88. The Morgan fingerprint density at radius 3 is 1.82 bits per heavy atom. The van der Waals surface area contributed by atoms with Crippen LogP contribution in [0.2, 0.25) is 0 Å². The fraction of sp³-hybridized carbons (Fsp3) is 0.0727. The average Bonchev–Trinajstić information content (AvgIpc) is 3.71. The lowest BCUT2D eigenvalue weighted by Crippen LogP contribution is -2.03. The molecule has 6 nitrogen and oxygen atoms in total. The van der Waals surface area contributed by atoms with Crippen molar-refractivity contribution in [2.45, 2.75) is 25.7 Å². The largest absolute Gasteiger partial charge is 0.455 e. The molecule has 0 saturated heterocycles.